The van der Waals surface area contributed by atoms with Gasteiger partial charge in [-0.2, -0.15) is 0 Å². The van der Waals surface area contributed by atoms with E-state index in [1.807, 2.05) is 0 Å². The first-order chi connectivity index (χ1) is 28.6. The molecule has 340 valence electrons. The van der Waals surface area contributed by atoms with Crippen LogP contribution in [0.25, 0.3) is 0 Å². The molecule has 60 heavy (non-hydrogen) atoms. The Hall–Kier alpha value is -2.18. The monoisotopic (exact) mass is 932 g/mol. The van der Waals surface area contributed by atoms with Crippen LogP contribution in [-0.4, -0.2) is 101 Å². The van der Waals surface area contributed by atoms with E-state index in [9.17, 15) is 27.8 Å². The largest absolute Gasteiger partial charge is 0.475 e. The second-order valence-corrected chi connectivity index (χ2v) is 18.4. The van der Waals surface area contributed by atoms with Crippen molar-refractivity contribution in [1.82, 2.24) is 0 Å². The maximum absolute atomic E-state index is 14.4. The molecule has 3 rings (SSSR count). The van der Waals surface area contributed by atoms with Crippen molar-refractivity contribution in [3.8, 4) is 0 Å². The number of phosphoric ester groups is 4. The minimum absolute atomic E-state index is 0.0400. The highest BCUT2D eigenvalue weighted by molar-refractivity contribution is 7.49. The van der Waals surface area contributed by atoms with Gasteiger partial charge in [0.25, 0.3) is 0 Å². The van der Waals surface area contributed by atoms with Crippen LogP contribution < -0.4 is 0 Å². The van der Waals surface area contributed by atoms with Crippen LogP contribution >= 0.6 is 31.3 Å². The number of hydrogen-bond acceptors (Lipinski definition) is 20. The van der Waals surface area contributed by atoms with Crippen molar-refractivity contribution in [3.05, 3.63) is 71.8 Å². The summed E-state index contributed by atoms with van der Waals surface area (Å²) in [6.45, 7) is 9.80. The second kappa shape index (κ2) is 25.2. The zero-order chi connectivity index (χ0) is 44.4. The first kappa shape index (κ1) is 52.2. The van der Waals surface area contributed by atoms with E-state index in [0.717, 1.165) is 0 Å². The average Bonchev–Trinajstić information content (AvgIpc) is 3.20. The van der Waals surface area contributed by atoms with Gasteiger partial charge in [-0.05, 0) is 79.7 Å². The molecular formula is C36H56O20P4. The summed E-state index contributed by atoms with van der Waals surface area (Å²) in [6.07, 6.45) is -12.8. The van der Waals surface area contributed by atoms with Gasteiger partial charge in [-0.1, -0.05) is 36.4 Å². The average molecular weight is 933 g/mol. The molecule has 0 radical (unpaired) electrons. The summed E-state index contributed by atoms with van der Waals surface area (Å²) in [7, 11) is -19.2. The molecule has 0 aromatic heterocycles. The Morgan fingerprint density at radius 3 is 0.750 bits per heavy atom. The lowest BCUT2D eigenvalue weighted by atomic mass is 9.84. The van der Waals surface area contributed by atoms with Crippen LogP contribution in [-0.2, 0) is 82.0 Å². The highest BCUT2D eigenvalue weighted by Crippen LogP contribution is 2.61. The van der Waals surface area contributed by atoms with E-state index < -0.39 is 79.9 Å². The molecule has 2 aromatic carbocycles. The molecule has 0 N–H and O–H groups in total. The fourth-order valence-electron chi connectivity index (χ4n) is 5.66. The van der Waals surface area contributed by atoms with Gasteiger partial charge in [-0.3, -0.25) is 54.3 Å². The van der Waals surface area contributed by atoms with Crippen molar-refractivity contribution in [2.75, 3.05) is 52.9 Å². The van der Waals surface area contributed by atoms with Gasteiger partial charge in [0, 0.05) is 0 Å². The Labute approximate surface area is 350 Å². The minimum Gasteiger partial charge on any atom is -0.453 e. The van der Waals surface area contributed by atoms with Gasteiger partial charge in [0.1, 0.15) is 24.4 Å². The van der Waals surface area contributed by atoms with Crippen molar-refractivity contribution < 1.29 is 91.6 Å². The smallest absolute Gasteiger partial charge is 0.453 e. The molecule has 0 heterocycles. The van der Waals surface area contributed by atoms with E-state index in [1.165, 1.54) is 104 Å². The number of carbonyl (C=O) groups excluding carboxylic acids is 2. The molecule has 0 amide bonds. The lowest BCUT2D eigenvalue weighted by Gasteiger charge is -2.49. The lowest BCUT2D eigenvalue weighted by Crippen LogP contribution is -2.67. The Bertz CT molecular complexity index is 1560. The van der Waals surface area contributed by atoms with Gasteiger partial charge in [-0.25, -0.2) is 27.8 Å². The second-order valence-electron chi connectivity index (χ2n) is 11.9. The number of ether oxygens (including phenoxy) is 2. The predicted octanol–water partition coefficient (Wildman–Crippen LogP) is 8.72. The molecule has 0 bridgehead atoms. The molecule has 20 nitrogen and oxygen atoms in total. The molecular weight excluding hydrogens is 876 g/mol. The zero-order valence-electron chi connectivity index (χ0n) is 34.8. The van der Waals surface area contributed by atoms with Crippen molar-refractivity contribution in [3.63, 3.8) is 0 Å². The van der Waals surface area contributed by atoms with E-state index in [1.54, 1.807) is 12.1 Å². The van der Waals surface area contributed by atoms with E-state index >= 15 is 0 Å². The molecule has 1 aliphatic carbocycles. The van der Waals surface area contributed by atoms with E-state index in [2.05, 4.69) is 0 Å². The molecule has 1 saturated carbocycles. The van der Waals surface area contributed by atoms with Crippen LogP contribution in [0.1, 0.15) is 76.1 Å². The third kappa shape index (κ3) is 15.0. The lowest BCUT2D eigenvalue weighted by molar-refractivity contribution is -0.213. The van der Waals surface area contributed by atoms with E-state index in [-0.39, 0.29) is 64.0 Å². The number of carbonyl (C=O) groups is 2. The van der Waals surface area contributed by atoms with Gasteiger partial charge >= 0.3 is 43.2 Å². The fourth-order valence-corrected chi connectivity index (χ4v) is 11.1. The maximum atomic E-state index is 14.4. The molecule has 1 aliphatic rings. The summed E-state index contributed by atoms with van der Waals surface area (Å²) in [6, 6.07) is 15.0. The highest BCUT2D eigenvalue weighted by atomic mass is 31.2. The summed E-state index contributed by atoms with van der Waals surface area (Å²) in [4.78, 5) is 28.2. The van der Waals surface area contributed by atoms with Gasteiger partial charge in [0.15, 0.2) is 12.2 Å². The Morgan fingerprint density at radius 2 is 0.567 bits per heavy atom. The normalized spacial score (nSPS) is 21.4. The van der Waals surface area contributed by atoms with E-state index in [0.29, 0.717) is 0 Å². The summed E-state index contributed by atoms with van der Waals surface area (Å²) in [5.41, 5.74) is -0.0801. The summed E-state index contributed by atoms with van der Waals surface area (Å²) in [5, 5.41) is 0. The van der Waals surface area contributed by atoms with Crippen molar-refractivity contribution >= 4 is 43.2 Å². The van der Waals surface area contributed by atoms with Crippen LogP contribution in [0, 0.1) is 0 Å². The first-order valence-electron chi connectivity index (χ1n) is 19.4. The van der Waals surface area contributed by atoms with Gasteiger partial charge in [0.2, 0.25) is 0 Å². The third-order valence-electron chi connectivity index (χ3n) is 7.75. The Kier molecular flexibility index (Phi) is 21.9. The predicted molar refractivity (Wildman–Crippen MR) is 214 cm³/mol. The first-order valence-corrected chi connectivity index (χ1v) is 25.3. The number of phosphoric acid groups is 4. The quantitative estimate of drug-likeness (QED) is 0.0573. The SMILES string of the molecule is CCOP(=O)(OCC)O[C@@H]1C(OC(=O)c2ccccc2)[C@H](OP(=O)(OCC)OCC)[C@@H](OP(=O)(OCC)OCC)C(OC(=O)c2ccccc2)[C@@H]1OP(=O)(OCC)OCC. The summed E-state index contributed by atoms with van der Waals surface area (Å²) >= 11 is 0. The number of esters is 2. The number of rotatable bonds is 28. The number of benzene rings is 2. The summed E-state index contributed by atoms with van der Waals surface area (Å²) in [5.74, 6) is -2.16. The zero-order valence-corrected chi connectivity index (χ0v) is 38.4. The third-order valence-corrected chi connectivity index (χ3v) is 14.4. The molecule has 24 heteroatoms. The van der Waals surface area contributed by atoms with Crippen molar-refractivity contribution in [2.24, 2.45) is 0 Å². The molecule has 0 aliphatic heterocycles. The molecule has 0 spiro atoms. The molecule has 2 unspecified atom stereocenters. The van der Waals surface area contributed by atoms with Gasteiger partial charge < -0.3 is 9.47 Å². The van der Waals surface area contributed by atoms with Crippen LogP contribution in [0.2, 0.25) is 0 Å². The van der Waals surface area contributed by atoms with Gasteiger partial charge in [0.05, 0.1) is 64.0 Å². The fraction of sp³-hybridized carbons (Fsp3) is 0.611. The van der Waals surface area contributed by atoms with Crippen LogP contribution in [0.5, 0.6) is 0 Å². The van der Waals surface area contributed by atoms with Gasteiger partial charge in [-0.15, -0.1) is 0 Å². The highest BCUT2D eigenvalue weighted by Gasteiger charge is 2.64. The topological polar surface area (TPSA) is 232 Å². The molecule has 6 atom stereocenters. The van der Waals surface area contributed by atoms with Crippen molar-refractivity contribution in [2.45, 2.75) is 92.0 Å². The maximum Gasteiger partial charge on any atom is 0.475 e. The van der Waals surface area contributed by atoms with Crippen LogP contribution in [0.4, 0.5) is 0 Å². The molecule has 0 saturated heterocycles. The van der Waals surface area contributed by atoms with E-state index in [4.69, 9.17) is 63.8 Å². The molecule has 1 fully saturated rings. The van der Waals surface area contributed by atoms with Crippen LogP contribution in [0.15, 0.2) is 60.7 Å². The van der Waals surface area contributed by atoms with Crippen LogP contribution in [0.3, 0.4) is 0 Å². The summed E-state index contributed by atoms with van der Waals surface area (Å²) < 4.78 is 138. The standard InChI is InChI=1S/C36H56O20P4/c1-9-43-57(39,44-10-2)53-31-29(51-35(37)27-23-19-17-20-24-27)33(55-59(41,47-13-5)48-14-6)34(56-60(42,49-15-7)50-16-8)30(52-36(38)28-25-21-18-22-26-28)32(31)54-58(40,45-11-3)46-12-4/h17-26,29-34H,9-16H2,1-8H3/t29?,30?,31-,32-,33-,34+/m0/s1. The number of hydrogen-bond donors (Lipinski definition) is 0. The Balaban J connectivity index is 2.57. The molecule has 2 aromatic rings. The van der Waals surface area contributed by atoms with Crippen molar-refractivity contribution in [1.29, 1.82) is 0 Å². The minimum atomic E-state index is -4.79. The Morgan fingerprint density at radius 1 is 0.367 bits per heavy atom.